The molecular weight excluding hydrogens is 215 g/mol. The fourth-order valence-corrected chi connectivity index (χ4v) is 0.975. The van der Waals surface area contributed by atoms with Crippen molar-refractivity contribution in [3.63, 3.8) is 0 Å². The summed E-state index contributed by atoms with van der Waals surface area (Å²) in [5.74, 6) is -2.13. The van der Waals surface area contributed by atoms with E-state index in [-0.39, 0.29) is 5.56 Å². The molecule has 0 aliphatic rings. The highest BCUT2D eigenvalue weighted by molar-refractivity contribution is 5.31. The second-order valence-corrected chi connectivity index (χ2v) is 2.60. The van der Waals surface area contributed by atoms with E-state index >= 15 is 0 Å². The van der Waals surface area contributed by atoms with Crippen LogP contribution in [0.25, 0.3) is 0 Å². The largest absolute Gasteiger partial charge is 0.364 e. The van der Waals surface area contributed by atoms with Crippen LogP contribution in [0.15, 0.2) is 6.07 Å². The summed E-state index contributed by atoms with van der Waals surface area (Å²) in [6.07, 6.45) is -3.21. The molecule has 8 heteroatoms. The van der Waals surface area contributed by atoms with E-state index in [0.717, 1.165) is 6.07 Å². The van der Waals surface area contributed by atoms with Gasteiger partial charge in [-0.15, -0.1) is 0 Å². The maximum absolute atomic E-state index is 13.1. The van der Waals surface area contributed by atoms with Crippen LogP contribution >= 0.6 is 0 Å². The highest BCUT2D eigenvalue weighted by atomic mass is 19.3. The van der Waals surface area contributed by atoms with Crippen LogP contribution in [-0.4, -0.2) is 9.91 Å². The fourth-order valence-electron chi connectivity index (χ4n) is 0.975. The molecule has 0 spiro atoms. The SMILES string of the molecule is NCc1cc([N+](=O)[O-])nc(C(F)F)c1F. The molecule has 1 aromatic heterocycles. The van der Waals surface area contributed by atoms with Crippen molar-refractivity contribution in [3.8, 4) is 0 Å². The standard InChI is InChI=1S/C7H6F3N3O2/c8-5-3(2-11)1-4(13(14)15)12-6(5)7(9)10/h1,7H,2,11H2. The van der Waals surface area contributed by atoms with Gasteiger partial charge in [-0.3, -0.25) is 0 Å². The summed E-state index contributed by atoms with van der Waals surface area (Å²) in [4.78, 5) is 12.2. The predicted molar refractivity (Wildman–Crippen MR) is 43.7 cm³/mol. The number of nitrogens with zero attached hydrogens (tertiary/aromatic N) is 2. The first-order chi connectivity index (χ1) is 6.97. The molecule has 15 heavy (non-hydrogen) atoms. The molecule has 0 unspecified atom stereocenters. The van der Waals surface area contributed by atoms with Gasteiger partial charge >= 0.3 is 12.2 Å². The number of hydrogen-bond acceptors (Lipinski definition) is 4. The zero-order valence-electron chi connectivity index (χ0n) is 7.28. The summed E-state index contributed by atoms with van der Waals surface area (Å²) in [5, 5.41) is 10.3. The van der Waals surface area contributed by atoms with Gasteiger partial charge in [0.2, 0.25) is 0 Å². The van der Waals surface area contributed by atoms with Crippen LogP contribution in [0.5, 0.6) is 0 Å². The highest BCUT2D eigenvalue weighted by Gasteiger charge is 2.26. The van der Waals surface area contributed by atoms with Gasteiger partial charge in [-0.1, -0.05) is 0 Å². The van der Waals surface area contributed by atoms with Crippen LogP contribution in [0.3, 0.4) is 0 Å². The lowest BCUT2D eigenvalue weighted by Gasteiger charge is -2.02. The van der Waals surface area contributed by atoms with E-state index in [1.165, 1.54) is 0 Å². The maximum atomic E-state index is 13.1. The van der Waals surface area contributed by atoms with Crippen LogP contribution < -0.4 is 5.73 Å². The number of nitrogens with two attached hydrogens (primary N) is 1. The van der Waals surface area contributed by atoms with Gasteiger partial charge in [0.05, 0.1) is 0 Å². The lowest BCUT2D eigenvalue weighted by Crippen LogP contribution is -2.08. The zero-order valence-corrected chi connectivity index (χ0v) is 7.28. The van der Waals surface area contributed by atoms with E-state index in [0.29, 0.717) is 0 Å². The van der Waals surface area contributed by atoms with Crippen molar-refractivity contribution in [2.75, 3.05) is 0 Å². The molecule has 2 N–H and O–H groups in total. The van der Waals surface area contributed by atoms with E-state index in [1.54, 1.807) is 0 Å². The molecule has 0 amide bonds. The monoisotopic (exact) mass is 221 g/mol. The Morgan fingerprint density at radius 3 is 2.60 bits per heavy atom. The third kappa shape index (κ3) is 2.21. The molecule has 1 heterocycles. The Labute approximate surface area is 81.9 Å². The first kappa shape index (κ1) is 11.4. The van der Waals surface area contributed by atoms with Gasteiger partial charge in [0.1, 0.15) is 0 Å². The quantitative estimate of drug-likeness (QED) is 0.619. The molecule has 5 nitrogen and oxygen atoms in total. The smallest absolute Gasteiger partial charge is 0.358 e. The minimum absolute atomic E-state index is 0.355. The van der Waals surface area contributed by atoms with Crippen molar-refractivity contribution in [2.24, 2.45) is 5.73 Å². The Kier molecular flexibility index (Phi) is 3.20. The molecule has 0 radical (unpaired) electrons. The minimum atomic E-state index is -3.21. The van der Waals surface area contributed by atoms with Gasteiger partial charge in [0.15, 0.2) is 5.82 Å². The number of rotatable bonds is 3. The minimum Gasteiger partial charge on any atom is -0.358 e. The third-order valence-electron chi connectivity index (χ3n) is 1.66. The van der Waals surface area contributed by atoms with Crippen molar-refractivity contribution in [3.05, 3.63) is 33.3 Å². The highest BCUT2D eigenvalue weighted by Crippen LogP contribution is 2.25. The van der Waals surface area contributed by atoms with Crippen molar-refractivity contribution >= 4 is 5.82 Å². The van der Waals surface area contributed by atoms with Gasteiger partial charge in [-0.2, -0.15) is 0 Å². The summed E-state index contributed by atoms with van der Waals surface area (Å²) < 4.78 is 37.6. The van der Waals surface area contributed by atoms with E-state index in [1.807, 2.05) is 0 Å². The number of nitro groups is 1. The summed E-state index contributed by atoms with van der Waals surface area (Å²) in [6.45, 7) is -0.408. The van der Waals surface area contributed by atoms with Crippen molar-refractivity contribution in [2.45, 2.75) is 13.0 Å². The summed E-state index contributed by atoms with van der Waals surface area (Å²) in [6, 6.07) is 0.737. The van der Waals surface area contributed by atoms with E-state index in [2.05, 4.69) is 4.98 Å². The first-order valence-corrected chi connectivity index (χ1v) is 3.79. The molecule has 0 saturated heterocycles. The molecule has 1 rings (SSSR count). The average molecular weight is 221 g/mol. The zero-order chi connectivity index (χ0) is 11.6. The Bertz CT molecular complexity index is 397. The van der Waals surface area contributed by atoms with E-state index in [9.17, 15) is 23.3 Å². The van der Waals surface area contributed by atoms with Crippen LogP contribution in [0.4, 0.5) is 19.0 Å². The lowest BCUT2D eigenvalue weighted by molar-refractivity contribution is -0.389. The molecule has 0 saturated carbocycles. The van der Waals surface area contributed by atoms with Gasteiger partial charge in [0.25, 0.3) is 5.69 Å². The topological polar surface area (TPSA) is 82.0 Å². The lowest BCUT2D eigenvalue weighted by atomic mass is 10.2. The molecule has 0 fully saturated rings. The number of alkyl halides is 2. The second-order valence-electron chi connectivity index (χ2n) is 2.60. The molecule has 0 aromatic carbocycles. The normalized spacial score (nSPS) is 10.7. The van der Waals surface area contributed by atoms with Crippen LogP contribution in [-0.2, 0) is 6.54 Å². The second kappa shape index (κ2) is 4.22. The Hall–Kier alpha value is -1.70. The van der Waals surface area contributed by atoms with Gasteiger partial charge in [-0.05, 0) is 9.91 Å². The molecular formula is C7H6F3N3O2. The Morgan fingerprint density at radius 1 is 1.60 bits per heavy atom. The van der Waals surface area contributed by atoms with Crippen LogP contribution in [0, 0.1) is 15.9 Å². The third-order valence-corrected chi connectivity index (χ3v) is 1.66. The first-order valence-electron chi connectivity index (χ1n) is 3.79. The molecule has 1 aromatic rings. The number of pyridine rings is 1. The van der Waals surface area contributed by atoms with Crippen LogP contribution in [0.1, 0.15) is 17.7 Å². The fraction of sp³-hybridized carbons (Fsp3) is 0.286. The summed E-state index contributed by atoms with van der Waals surface area (Å²) in [7, 11) is 0. The number of halogens is 3. The number of aromatic nitrogens is 1. The van der Waals surface area contributed by atoms with Gasteiger partial charge in [0, 0.05) is 18.2 Å². The molecule has 0 aliphatic heterocycles. The molecule has 0 atom stereocenters. The Morgan fingerprint density at radius 2 is 2.20 bits per heavy atom. The number of hydrogen-bond donors (Lipinski definition) is 1. The van der Waals surface area contributed by atoms with Gasteiger partial charge < -0.3 is 15.8 Å². The molecule has 0 aliphatic carbocycles. The molecule has 0 bridgehead atoms. The average Bonchev–Trinajstić information content (AvgIpc) is 2.17. The van der Waals surface area contributed by atoms with Crippen molar-refractivity contribution in [1.82, 2.24) is 4.98 Å². The summed E-state index contributed by atoms with van der Waals surface area (Å²) in [5.41, 5.74) is 3.45. The van der Waals surface area contributed by atoms with E-state index in [4.69, 9.17) is 5.73 Å². The molecule has 82 valence electrons. The maximum Gasteiger partial charge on any atom is 0.364 e. The Balaban J connectivity index is 3.38. The van der Waals surface area contributed by atoms with Crippen molar-refractivity contribution in [1.29, 1.82) is 0 Å². The van der Waals surface area contributed by atoms with Crippen LogP contribution in [0.2, 0.25) is 0 Å². The summed E-state index contributed by atoms with van der Waals surface area (Å²) >= 11 is 0. The predicted octanol–water partition coefficient (Wildman–Crippen LogP) is 1.53. The van der Waals surface area contributed by atoms with Crippen molar-refractivity contribution < 1.29 is 18.1 Å². The van der Waals surface area contributed by atoms with Gasteiger partial charge in [-0.25, -0.2) is 13.2 Å². The van der Waals surface area contributed by atoms with E-state index < -0.39 is 35.2 Å².